The average Bonchev–Trinajstić information content (AvgIpc) is 2.32. The van der Waals surface area contributed by atoms with Gasteiger partial charge in [-0.05, 0) is 24.5 Å². The minimum atomic E-state index is -3.02. The fourth-order valence-electron chi connectivity index (χ4n) is 2.07. The zero-order valence-corrected chi connectivity index (χ0v) is 10.4. The molecule has 0 aromatic carbocycles. The highest BCUT2D eigenvalue weighted by Crippen LogP contribution is 2.32. The van der Waals surface area contributed by atoms with Crippen LogP contribution in [0.3, 0.4) is 0 Å². The van der Waals surface area contributed by atoms with Gasteiger partial charge in [0.2, 0.25) is 0 Å². The summed E-state index contributed by atoms with van der Waals surface area (Å²) in [7, 11) is 1.57. The highest BCUT2D eigenvalue weighted by molar-refractivity contribution is 5.76. The van der Waals surface area contributed by atoms with Gasteiger partial charge in [-0.1, -0.05) is 18.2 Å². The van der Waals surface area contributed by atoms with E-state index in [0.29, 0.717) is 5.57 Å². The first kappa shape index (κ1) is 12.7. The Morgan fingerprint density at radius 2 is 2.06 bits per heavy atom. The van der Waals surface area contributed by atoms with Crippen LogP contribution in [0.5, 0.6) is 0 Å². The minimum absolute atomic E-state index is 0.114. The van der Waals surface area contributed by atoms with Gasteiger partial charge in [-0.3, -0.25) is 4.79 Å². The predicted molar refractivity (Wildman–Crippen MR) is 67.6 cm³/mol. The number of aryl methyl sites for hydroxylation is 1. The summed E-state index contributed by atoms with van der Waals surface area (Å²) < 4.78 is 28.5. The molecular formula is C14H15F2NO. The molecule has 0 radical (unpaired) electrons. The standard InChI is InChI=1S/C14H15F2NO/c1-14(15,16)11-8-9-17(2)13(18)12(11)10-6-4-3-5-7-10/h4,6-9H,3,5H2,1-2H3. The smallest absolute Gasteiger partial charge is 0.271 e. The van der Waals surface area contributed by atoms with Crippen molar-refractivity contribution in [1.29, 1.82) is 0 Å². The van der Waals surface area contributed by atoms with Crippen LogP contribution in [-0.2, 0) is 13.0 Å². The Morgan fingerprint density at radius 3 is 2.61 bits per heavy atom. The molecule has 1 aliphatic carbocycles. The van der Waals surface area contributed by atoms with E-state index in [2.05, 4.69) is 0 Å². The van der Waals surface area contributed by atoms with E-state index < -0.39 is 5.92 Å². The molecule has 0 saturated heterocycles. The second kappa shape index (κ2) is 4.52. The summed E-state index contributed by atoms with van der Waals surface area (Å²) in [5.74, 6) is -3.02. The minimum Gasteiger partial charge on any atom is -0.318 e. The molecule has 0 spiro atoms. The molecule has 0 unspecified atom stereocenters. The van der Waals surface area contributed by atoms with E-state index >= 15 is 0 Å². The zero-order chi connectivity index (χ0) is 13.3. The molecule has 1 heterocycles. The predicted octanol–water partition coefficient (Wildman–Crippen LogP) is 3.23. The lowest BCUT2D eigenvalue weighted by atomic mass is 9.94. The van der Waals surface area contributed by atoms with Crippen molar-refractivity contribution in [3.63, 3.8) is 0 Å². The molecule has 1 aromatic rings. The lowest BCUT2D eigenvalue weighted by Gasteiger charge is -2.18. The molecule has 0 bridgehead atoms. The summed E-state index contributed by atoms with van der Waals surface area (Å²) in [5.41, 5.74) is 0.123. The number of alkyl halides is 2. The van der Waals surface area contributed by atoms with Gasteiger partial charge in [-0.25, -0.2) is 8.78 Å². The lowest BCUT2D eigenvalue weighted by Crippen LogP contribution is -2.25. The Balaban J connectivity index is 2.70. The first-order valence-electron chi connectivity index (χ1n) is 5.86. The Hall–Kier alpha value is -1.71. The maximum Gasteiger partial charge on any atom is 0.271 e. The van der Waals surface area contributed by atoms with Gasteiger partial charge >= 0.3 is 0 Å². The maximum absolute atomic E-state index is 13.6. The Morgan fingerprint density at radius 1 is 1.33 bits per heavy atom. The molecule has 1 aromatic heterocycles. The molecule has 0 N–H and O–H groups in total. The molecule has 0 atom stereocenters. The van der Waals surface area contributed by atoms with Crippen molar-refractivity contribution in [1.82, 2.24) is 4.57 Å². The van der Waals surface area contributed by atoms with Gasteiger partial charge in [0.25, 0.3) is 11.5 Å². The van der Waals surface area contributed by atoms with E-state index in [1.165, 1.54) is 16.8 Å². The summed E-state index contributed by atoms with van der Waals surface area (Å²) in [5, 5.41) is 0. The Kier molecular flexibility index (Phi) is 3.20. The molecule has 0 aliphatic heterocycles. The third kappa shape index (κ3) is 2.28. The molecule has 18 heavy (non-hydrogen) atoms. The van der Waals surface area contributed by atoms with Crippen LogP contribution in [-0.4, -0.2) is 4.57 Å². The van der Waals surface area contributed by atoms with Gasteiger partial charge in [0.1, 0.15) is 0 Å². The summed E-state index contributed by atoms with van der Waals surface area (Å²) >= 11 is 0. The highest BCUT2D eigenvalue weighted by Gasteiger charge is 2.30. The summed E-state index contributed by atoms with van der Waals surface area (Å²) in [6.45, 7) is 0.818. The zero-order valence-electron chi connectivity index (χ0n) is 10.4. The third-order valence-electron chi connectivity index (χ3n) is 3.02. The first-order chi connectivity index (χ1) is 8.41. The summed E-state index contributed by atoms with van der Waals surface area (Å²) in [6, 6.07) is 1.32. The molecule has 2 nitrogen and oxygen atoms in total. The topological polar surface area (TPSA) is 22.0 Å². The van der Waals surface area contributed by atoms with E-state index in [4.69, 9.17) is 0 Å². The molecule has 1 aliphatic rings. The number of allylic oxidation sites excluding steroid dienone is 4. The molecule has 4 heteroatoms. The van der Waals surface area contributed by atoms with Crippen LogP contribution in [0.15, 0.2) is 35.3 Å². The number of hydrogen-bond donors (Lipinski definition) is 0. The number of pyridine rings is 1. The Bertz CT molecular complexity index is 576. The molecular weight excluding hydrogens is 236 g/mol. The quantitative estimate of drug-likeness (QED) is 0.791. The SMILES string of the molecule is Cn1ccc(C(C)(F)F)c(C2=CCCC=C2)c1=O. The van der Waals surface area contributed by atoms with Crippen molar-refractivity contribution >= 4 is 5.57 Å². The number of hydrogen-bond acceptors (Lipinski definition) is 1. The molecule has 0 fully saturated rings. The average molecular weight is 251 g/mol. The van der Waals surface area contributed by atoms with E-state index in [9.17, 15) is 13.6 Å². The van der Waals surface area contributed by atoms with Crippen molar-refractivity contribution in [2.24, 2.45) is 7.05 Å². The summed E-state index contributed by atoms with van der Waals surface area (Å²) in [4.78, 5) is 12.1. The second-order valence-electron chi connectivity index (χ2n) is 4.55. The van der Waals surface area contributed by atoms with Crippen LogP contribution in [0.4, 0.5) is 8.78 Å². The van der Waals surface area contributed by atoms with Gasteiger partial charge < -0.3 is 4.57 Å². The van der Waals surface area contributed by atoms with Gasteiger partial charge in [0.15, 0.2) is 0 Å². The number of rotatable bonds is 2. The number of nitrogens with zero attached hydrogens (tertiary/aromatic N) is 1. The van der Waals surface area contributed by atoms with Crippen molar-refractivity contribution in [3.8, 4) is 0 Å². The van der Waals surface area contributed by atoms with Gasteiger partial charge in [0, 0.05) is 25.7 Å². The van der Waals surface area contributed by atoms with Crippen LogP contribution < -0.4 is 5.56 Å². The van der Waals surface area contributed by atoms with E-state index in [-0.39, 0.29) is 16.7 Å². The fourth-order valence-corrected chi connectivity index (χ4v) is 2.07. The normalized spacial score (nSPS) is 15.7. The van der Waals surface area contributed by atoms with Crippen molar-refractivity contribution in [2.45, 2.75) is 25.7 Å². The van der Waals surface area contributed by atoms with Crippen LogP contribution in [0.1, 0.15) is 30.9 Å². The van der Waals surface area contributed by atoms with Crippen molar-refractivity contribution < 1.29 is 8.78 Å². The first-order valence-corrected chi connectivity index (χ1v) is 5.86. The number of halogens is 2. The van der Waals surface area contributed by atoms with Crippen LogP contribution >= 0.6 is 0 Å². The van der Waals surface area contributed by atoms with Crippen LogP contribution in [0.2, 0.25) is 0 Å². The van der Waals surface area contributed by atoms with Gasteiger partial charge in [-0.15, -0.1) is 0 Å². The molecule has 0 saturated carbocycles. The molecule has 2 rings (SSSR count). The van der Waals surface area contributed by atoms with Crippen molar-refractivity contribution in [2.75, 3.05) is 0 Å². The van der Waals surface area contributed by atoms with E-state index in [1.807, 2.05) is 12.2 Å². The van der Waals surface area contributed by atoms with Crippen LogP contribution in [0, 0.1) is 0 Å². The van der Waals surface area contributed by atoms with E-state index in [0.717, 1.165) is 19.8 Å². The van der Waals surface area contributed by atoms with Crippen LogP contribution in [0.25, 0.3) is 5.57 Å². The Labute approximate surface area is 104 Å². The molecule has 0 amide bonds. The van der Waals surface area contributed by atoms with Gasteiger partial charge in [-0.2, -0.15) is 0 Å². The highest BCUT2D eigenvalue weighted by atomic mass is 19.3. The lowest BCUT2D eigenvalue weighted by molar-refractivity contribution is 0.0169. The van der Waals surface area contributed by atoms with Crippen molar-refractivity contribution in [3.05, 3.63) is 52.0 Å². The van der Waals surface area contributed by atoms with Gasteiger partial charge in [0.05, 0.1) is 5.56 Å². The monoisotopic (exact) mass is 251 g/mol. The largest absolute Gasteiger partial charge is 0.318 e. The summed E-state index contributed by atoms with van der Waals surface area (Å²) in [6.07, 6.45) is 8.53. The third-order valence-corrected chi connectivity index (χ3v) is 3.02. The second-order valence-corrected chi connectivity index (χ2v) is 4.55. The van der Waals surface area contributed by atoms with E-state index in [1.54, 1.807) is 13.1 Å². The fraction of sp³-hybridized carbons (Fsp3) is 0.357. The molecule has 96 valence electrons. The number of aromatic nitrogens is 1. The maximum atomic E-state index is 13.6.